The van der Waals surface area contributed by atoms with E-state index in [-0.39, 0.29) is 62.1 Å². The average molecular weight is 1350 g/mol. The maximum atomic E-state index is 14.8. The number of allylic oxidation sites excluding steroid dienone is 6. The van der Waals surface area contributed by atoms with Crippen molar-refractivity contribution >= 4 is 47.1 Å². The lowest BCUT2D eigenvalue weighted by Crippen LogP contribution is -2.61. The number of ketones is 3. The van der Waals surface area contributed by atoms with Crippen LogP contribution in [0.5, 0.6) is 0 Å². The highest BCUT2D eigenvalue weighted by Gasteiger charge is 2.53. The fraction of sp³-hybridized carbons (Fsp3) is 0.778. The summed E-state index contributed by atoms with van der Waals surface area (Å²) < 4.78 is 68.7. The van der Waals surface area contributed by atoms with Gasteiger partial charge in [-0.3, -0.25) is 33.6 Å². The number of amides is 1. The lowest BCUT2D eigenvalue weighted by molar-refractivity contribution is -0.265. The van der Waals surface area contributed by atoms with Crippen molar-refractivity contribution in [2.24, 2.45) is 40.9 Å². The minimum Gasteiger partial charge on any atom is -0.464 e. The third kappa shape index (κ3) is 26.6. The monoisotopic (exact) mass is 1350 g/mol. The molecule has 1 amide bonds. The lowest BCUT2D eigenvalue weighted by Gasteiger charge is -2.42. The minimum atomic E-state index is -2.50. The number of piperidine rings is 1. The summed E-state index contributed by atoms with van der Waals surface area (Å²) in [5, 5.41) is 23.8. The van der Waals surface area contributed by atoms with Gasteiger partial charge in [-0.1, -0.05) is 71.1 Å². The summed E-state index contributed by atoms with van der Waals surface area (Å²) >= 11 is 0. The Hall–Kier alpha value is -5.08. The minimum absolute atomic E-state index is 0.0165. The number of aliphatic hydroxyl groups is 2. The standard InChI is InChI=1S/C72H115NO22/c1-47-23-15-14-16-24-48(2)59(86-11)43-55-30-28-53(7)72(83,95-55)67(79)68(80)73-32-20-17-25-56(73)69(81)93-60(44-57(74)49(3)40-52(6)65(78)66(88-13)64(77)51(5)39-47)50(4)41-54-29-31-58(61(42-54)87-12)94-70(82)71(8,45-91-62(75)26-18-21-33-89-37-35-84-9)46-92-63(76)27-19-22-34-90-38-36-85-10/h14-16,23-24,40,47,49-51,53-56,58-61,65-66,78,83H,17-22,25-39,41-46H2,1-13H3/b16-14+,23-15+,48-24+,52-40+/t47-,49-,50+,51-,53-,54+,55+,56+,58-,59+,60+,61-,65-,66+,72-/m1/s1. The van der Waals surface area contributed by atoms with Gasteiger partial charge in [0.25, 0.3) is 11.7 Å². The number of hydrogen-bond acceptors (Lipinski definition) is 22. The molecule has 4 rings (SSSR count). The lowest BCUT2D eigenvalue weighted by atomic mass is 9.78. The summed E-state index contributed by atoms with van der Waals surface area (Å²) in [5.74, 6) is -10.9. The molecule has 1 aliphatic carbocycles. The van der Waals surface area contributed by atoms with E-state index in [4.69, 9.17) is 56.8 Å². The van der Waals surface area contributed by atoms with Crippen molar-refractivity contribution in [2.75, 3.05) is 94.9 Å². The van der Waals surface area contributed by atoms with E-state index < -0.39 is 132 Å². The summed E-state index contributed by atoms with van der Waals surface area (Å²) in [4.78, 5) is 114. The molecule has 3 heterocycles. The zero-order chi connectivity index (χ0) is 70.3. The fourth-order valence-corrected chi connectivity index (χ4v) is 12.7. The summed E-state index contributed by atoms with van der Waals surface area (Å²) in [7, 11) is 7.58. The molecule has 23 heteroatoms. The van der Waals surface area contributed by atoms with Gasteiger partial charge in [0, 0.05) is 98.7 Å². The predicted molar refractivity (Wildman–Crippen MR) is 352 cm³/mol. The fourth-order valence-electron chi connectivity index (χ4n) is 12.7. The number of esters is 4. The largest absolute Gasteiger partial charge is 0.464 e. The zero-order valence-corrected chi connectivity index (χ0v) is 59.1. The number of hydrogen-bond donors (Lipinski definition) is 2. The number of fused-ring (bicyclic) bond motifs is 3. The highest BCUT2D eigenvalue weighted by molar-refractivity contribution is 6.39. The number of carbonyl (C=O) groups is 8. The van der Waals surface area contributed by atoms with E-state index in [1.165, 1.54) is 21.1 Å². The van der Waals surface area contributed by atoms with Crippen LogP contribution in [0.3, 0.4) is 0 Å². The van der Waals surface area contributed by atoms with Gasteiger partial charge in [-0.15, -0.1) is 0 Å². The van der Waals surface area contributed by atoms with Gasteiger partial charge in [-0.25, -0.2) is 4.79 Å². The third-order valence-corrected chi connectivity index (χ3v) is 19.0. The van der Waals surface area contributed by atoms with Crippen molar-refractivity contribution in [3.05, 3.63) is 47.6 Å². The van der Waals surface area contributed by atoms with Crippen LogP contribution in [0.1, 0.15) is 171 Å². The number of unbranched alkanes of at least 4 members (excludes halogenated alkanes) is 2. The van der Waals surface area contributed by atoms with E-state index in [0.717, 1.165) is 10.5 Å². The molecule has 0 aromatic rings. The summed E-state index contributed by atoms with van der Waals surface area (Å²) in [6.45, 7) is 15.8. The summed E-state index contributed by atoms with van der Waals surface area (Å²) in [6.07, 6.45) is 11.1. The number of carbonyl (C=O) groups excluding carboxylic acids is 8. The van der Waals surface area contributed by atoms with Crippen molar-refractivity contribution < 1.29 is 105 Å². The van der Waals surface area contributed by atoms with Gasteiger partial charge in [-0.2, -0.15) is 0 Å². The Balaban J connectivity index is 1.62. The number of ether oxygens (including phenoxy) is 12. The maximum absolute atomic E-state index is 14.8. The van der Waals surface area contributed by atoms with Crippen LogP contribution in [-0.2, 0) is 95.2 Å². The van der Waals surface area contributed by atoms with Crippen LogP contribution >= 0.6 is 0 Å². The SMILES string of the molecule is COCCOCCCCC(=O)OCC(C)(COC(=O)CCCCOCCOC)C(=O)O[C@@H]1CC[C@@H](C[C@H](C)[C@@H]2CC(=O)[C@H](C)/C=C(\C)[C@@H](O)[C@@H](OC)C(=O)[C@H](C)C[C@H](C)/C=C/C=C/C=C(\C)[C@@H](OC)C[C@@H]3CC[C@@H](C)[C@@](O)(O3)C(=O)C(=O)N3CCCC[C@H]3C(=O)O2)C[C@H]1OC. The first-order valence-corrected chi connectivity index (χ1v) is 34.4. The van der Waals surface area contributed by atoms with Crippen molar-refractivity contribution in [2.45, 2.75) is 226 Å². The molecular weight excluding hydrogens is 1230 g/mol. The van der Waals surface area contributed by atoms with Crippen LogP contribution < -0.4 is 0 Å². The molecular formula is C72H115NO22. The second-order valence-electron chi connectivity index (χ2n) is 27.0. The normalized spacial score (nSPS) is 31.4. The number of Topliss-reactive ketones (excluding diaryl/α,β-unsaturated/α-hetero) is 3. The van der Waals surface area contributed by atoms with Crippen molar-refractivity contribution in [3.63, 3.8) is 0 Å². The van der Waals surface area contributed by atoms with Crippen molar-refractivity contribution in [1.29, 1.82) is 0 Å². The molecule has 2 N–H and O–H groups in total. The highest BCUT2D eigenvalue weighted by Crippen LogP contribution is 2.39. The molecule has 0 unspecified atom stereocenters. The molecule has 0 aromatic carbocycles. The molecule has 15 atom stereocenters. The molecule has 23 nitrogen and oxygen atoms in total. The van der Waals surface area contributed by atoms with Crippen LogP contribution in [0.25, 0.3) is 0 Å². The molecule has 0 spiro atoms. The van der Waals surface area contributed by atoms with Gasteiger partial charge in [0.1, 0.15) is 54.9 Å². The number of rotatable bonds is 28. The van der Waals surface area contributed by atoms with Crippen LogP contribution in [0.15, 0.2) is 47.6 Å². The second kappa shape index (κ2) is 42.7. The first-order chi connectivity index (χ1) is 45.3. The van der Waals surface area contributed by atoms with Gasteiger partial charge in [0.05, 0.1) is 44.7 Å². The molecule has 3 fully saturated rings. The van der Waals surface area contributed by atoms with Gasteiger partial charge < -0.3 is 72.0 Å². The molecule has 0 radical (unpaired) electrons. The number of nitrogens with zero attached hydrogens (tertiary/aromatic N) is 1. The summed E-state index contributed by atoms with van der Waals surface area (Å²) in [5.41, 5.74) is -0.424. The van der Waals surface area contributed by atoms with Crippen LogP contribution in [0.4, 0.5) is 0 Å². The average Bonchev–Trinajstić information content (AvgIpc) is 0.790. The number of aliphatic hydroxyl groups excluding tert-OH is 1. The van der Waals surface area contributed by atoms with E-state index in [9.17, 15) is 48.6 Å². The van der Waals surface area contributed by atoms with E-state index >= 15 is 0 Å². The van der Waals surface area contributed by atoms with Crippen molar-refractivity contribution in [3.8, 4) is 0 Å². The Morgan fingerprint density at radius 1 is 0.726 bits per heavy atom. The quantitative estimate of drug-likeness (QED) is 0.0244. The first kappa shape index (κ1) is 82.3. The molecule has 540 valence electrons. The maximum Gasteiger partial charge on any atom is 0.329 e. The molecule has 95 heavy (non-hydrogen) atoms. The Kier molecular flexibility index (Phi) is 37.0. The van der Waals surface area contributed by atoms with E-state index in [2.05, 4.69) is 0 Å². The van der Waals surface area contributed by atoms with E-state index in [0.29, 0.717) is 129 Å². The summed E-state index contributed by atoms with van der Waals surface area (Å²) in [6, 6.07) is -1.25. The molecule has 2 saturated heterocycles. The van der Waals surface area contributed by atoms with E-state index in [1.807, 2.05) is 51.2 Å². The third-order valence-electron chi connectivity index (χ3n) is 19.0. The van der Waals surface area contributed by atoms with Gasteiger partial charge in [-0.05, 0) is 140 Å². The number of methoxy groups -OCH3 is 5. The van der Waals surface area contributed by atoms with Gasteiger partial charge in [0.15, 0.2) is 5.78 Å². The van der Waals surface area contributed by atoms with Crippen LogP contribution in [0, 0.1) is 40.9 Å². The van der Waals surface area contributed by atoms with Gasteiger partial charge >= 0.3 is 23.9 Å². The van der Waals surface area contributed by atoms with E-state index in [1.54, 1.807) is 55.1 Å². The van der Waals surface area contributed by atoms with Crippen LogP contribution in [-0.4, -0.2) is 212 Å². The Morgan fingerprint density at radius 2 is 1.37 bits per heavy atom. The zero-order valence-electron chi connectivity index (χ0n) is 59.1. The Bertz CT molecular complexity index is 2510. The Morgan fingerprint density at radius 3 is 1.97 bits per heavy atom. The number of cyclic esters (lactones) is 1. The predicted octanol–water partition coefficient (Wildman–Crippen LogP) is 8.49. The molecule has 0 aromatic heterocycles. The molecule has 4 aliphatic rings. The second-order valence-corrected chi connectivity index (χ2v) is 27.0. The topological polar surface area (TPSA) is 291 Å². The van der Waals surface area contributed by atoms with Crippen molar-refractivity contribution in [1.82, 2.24) is 4.90 Å². The molecule has 1 saturated carbocycles. The van der Waals surface area contributed by atoms with Gasteiger partial charge in [0.2, 0.25) is 5.79 Å². The Labute approximate surface area is 564 Å². The first-order valence-electron chi connectivity index (χ1n) is 34.4. The van der Waals surface area contributed by atoms with Crippen LogP contribution in [0.2, 0.25) is 0 Å². The highest BCUT2D eigenvalue weighted by atomic mass is 16.6. The molecule has 3 aliphatic heterocycles. The molecule has 2 bridgehead atoms. The smallest absolute Gasteiger partial charge is 0.329 e.